The summed E-state index contributed by atoms with van der Waals surface area (Å²) >= 11 is 6.18. The summed E-state index contributed by atoms with van der Waals surface area (Å²) < 4.78 is 8.64. The van der Waals surface area contributed by atoms with E-state index >= 15 is 0 Å². The second kappa shape index (κ2) is 8.36. The average molecular weight is 424 g/mol. The Hall–Kier alpha value is -2.44. The van der Waals surface area contributed by atoms with Gasteiger partial charge in [-0.05, 0) is 49.3 Å². The lowest BCUT2D eigenvalue weighted by molar-refractivity contribution is 0.0501. The minimum absolute atomic E-state index is 0.0574. The Morgan fingerprint density at radius 1 is 1.10 bits per heavy atom. The molecule has 2 aromatic heterocycles. The molecule has 156 valence electrons. The molecule has 1 saturated heterocycles. The number of rotatable bonds is 5. The molecular weight excluding hydrogens is 398 g/mol. The summed E-state index contributed by atoms with van der Waals surface area (Å²) in [4.78, 5) is 15.5. The third-order valence-electron chi connectivity index (χ3n) is 6.49. The predicted molar refractivity (Wildman–Crippen MR) is 115 cm³/mol. The molecule has 7 heteroatoms. The van der Waals surface area contributed by atoms with Crippen LogP contribution in [0, 0.1) is 18.8 Å². The van der Waals surface area contributed by atoms with Gasteiger partial charge in [-0.15, -0.1) is 0 Å². The minimum atomic E-state index is 0.0574. The van der Waals surface area contributed by atoms with Crippen LogP contribution in [0.25, 0.3) is 0 Å². The Morgan fingerprint density at radius 2 is 1.97 bits per heavy atom. The Balaban J connectivity index is 1.34. The summed E-state index contributed by atoms with van der Waals surface area (Å²) in [7, 11) is 0. The van der Waals surface area contributed by atoms with Gasteiger partial charge < -0.3 is 9.30 Å². The van der Waals surface area contributed by atoms with Crippen molar-refractivity contribution in [2.45, 2.75) is 38.5 Å². The molecule has 0 amide bonds. The van der Waals surface area contributed by atoms with Crippen LogP contribution < -0.4 is 4.74 Å². The van der Waals surface area contributed by atoms with Crippen LogP contribution in [-0.4, -0.2) is 43.6 Å². The number of halogens is 1. The number of benzene rings is 1. The Morgan fingerprint density at radius 3 is 2.70 bits per heavy atom. The topological polar surface area (TPSA) is 56.1 Å². The number of ether oxygens (including phenoxy) is 1. The van der Waals surface area contributed by atoms with Crippen molar-refractivity contribution in [1.82, 2.24) is 24.4 Å². The average Bonchev–Trinajstić information content (AvgIpc) is 3.33. The highest BCUT2D eigenvalue weighted by Gasteiger charge is 2.44. The number of hydrogen-bond acceptors (Lipinski definition) is 5. The van der Waals surface area contributed by atoms with Crippen molar-refractivity contribution in [3.05, 3.63) is 71.7 Å². The fraction of sp³-hybridized carbons (Fsp3) is 0.435. The Labute approximate surface area is 181 Å². The molecule has 4 atom stereocenters. The third-order valence-corrected chi connectivity index (χ3v) is 6.72. The maximum Gasteiger partial charge on any atom is 0.232 e. The number of imidazole rings is 1. The molecule has 1 aliphatic carbocycles. The van der Waals surface area contributed by atoms with Crippen LogP contribution in [0.15, 0.2) is 55.2 Å². The quantitative estimate of drug-likeness (QED) is 0.616. The highest BCUT2D eigenvalue weighted by atomic mass is 35.5. The lowest BCUT2D eigenvalue weighted by Gasteiger charge is -2.38. The molecule has 2 aliphatic rings. The van der Waals surface area contributed by atoms with Crippen LogP contribution in [0.3, 0.4) is 0 Å². The van der Waals surface area contributed by atoms with Gasteiger partial charge in [-0.25, -0.2) is 9.97 Å². The summed E-state index contributed by atoms with van der Waals surface area (Å²) in [6.45, 7) is 5.20. The largest absolute Gasteiger partial charge is 0.471 e. The minimum Gasteiger partial charge on any atom is -0.471 e. The summed E-state index contributed by atoms with van der Waals surface area (Å²) in [5.41, 5.74) is 1.27. The fourth-order valence-corrected chi connectivity index (χ4v) is 5.38. The van der Waals surface area contributed by atoms with E-state index in [2.05, 4.69) is 49.7 Å². The molecule has 0 unspecified atom stereocenters. The molecule has 3 heterocycles. The number of hydrogen-bond donors (Lipinski definition) is 0. The van der Waals surface area contributed by atoms with E-state index in [1.165, 1.54) is 5.56 Å². The van der Waals surface area contributed by atoms with E-state index in [1.807, 2.05) is 18.3 Å². The molecule has 0 bridgehead atoms. The zero-order valence-corrected chi connectivity index (χ0v) is 17.8. The molecule has 1 aliphatic heterocycles. The SMILES string of the molecule is Cc1nccn1[C@H]1C[C@H]2CN(Cc3cccc(Cl)c3)C[C@H]2C[C@@H]1Oc1cnccn1. The third kappa shape index (κ3) is 4.07. The van der Waals surface area contributed by atoms with Crippen molar-refractivity contribution >= 4 is 11.6 Å². The highest BCUT2D eigenvalue weighted by molar-refractivity contribution is 6.30. The summed E-state index contributed by atoms with van der Waals surface area (Å²) in [5.74, 6) is 2.89. The molecular formula is C23H26ClN5O. The molecule has 0 spiro atoms. The van der Waals surface area contributed by atoms with Gasteiger partial charge in [0.05, 0.1) is 12.2 Å². The van der Waals surface area contributed by atoms with Gasteiger partial charge >= 0.3 is 0 Å². The molecule has 0 N–H and O–H groups in total. The number of aromatic nitrogens is 4. The molecule has 6 nitrogen and oxygen atoms in total. The van der Waals surface area contributed by atoms with E-state index in [9.17, 15) is 0 Å². The molecule has 3 aromatic rings. The van der Waals surface area contributed by atoms with E-state index in [4.69, 9.17) is 16.3 Å². The molecule has 0 radical (unpaired) electrons. The second-order valence-corrected chi connectivity index (χ2v) is 8.90. The van der Waals surface area contributed by atoms with Gasteiger partial charge in [0.25, 0.3) is 0 Å². The van der Waals surface area contributed by atoms with Crippen molar-refractivity contribution < 1.29 is 4.74 Å². The van der Waals surface area contributed by atoms with E-state index < -0.39 is 0 Å². The zero-order valence-electron chi connectivity index (χ0n) is 17.1. The highest BCUT2D eigenvalue weighted by Crippen LogP contribution is 2.43. The number of fused-ring (bicyclic) bond motifs is 1. The lowest BCUT2D eigenvalue weighted by Crippen LogP contribution is -2.40. The standard InChI is InChI=1S/C23H26ClN5O/c1-16-26-7-8-29(16)21-10-18-14-28(13-17-3-2-4-20(24)9-17)15-19(18)11-22(21)30-23-12-25-5-6-27-23/h2-9,12,18-19,21-22H,10-11,13-15H2,1H3/t18-,19+,21-,22-/m0/s1. The van der Waals surface area contributed by atoms with Crippen molar-refractivity contribution in [2.75, 3.05) is 13.1 Å². The molecule has 5 rings (SSSR count). The maximum absolute atomic E-state index is 6.37. The zero-order chi connectivity index (χ0) is 20.5. The van der Waals surface area contributed by atoms with Gasteiger partial charge in [0.1, 0.15) is 11.9 Å². The van der Waals surface area contributed by atoms with Gasteiger partial charge in [0, 0.05) is 49.4 Å². The van der Waals surface area contributed by atoms with Gasteiger partial charge in [-0.2, -0.15) is 0 Å². The van der Waals surface area contributed by atoms with Gasteiger partial charge in [-0.3, -0.25) is 9.88 Å². The van der Waals surface area contributed by atoms with Crippen LogP contribution in [0.2, 0.25) is 5.02 Å². The van der Waals surface area contributed by atoms with Crippen molar-refractivity contribution in [3.8, 4) is 5.88 Å². The molecule has 1 saturated carbocycles. The van der Waals surface area contributed by atoms with Crippen LogP contribution in [-0.2, 0) is 6.54 Å². The summed E-state index contributed by atoms with van der Waals surface area (Å²) in [5, 5.41) is 0.803. The maximum atomic E-state index is 6.37. The van der Waals surface area contributed by atoms with Crippen LogP contribution in [0.5, 0.6) is 5.88 Å². The summed E-state index contributed by atoms with van der Waals surface area (Å²) in [6.07, 6.45) is 11.2. The van der Waals surface area contributed by atoms with E-state index in [0.29, 0.717) is 17.7 Å². The van der Waals surface area contributed by atoms with Crippen LogP contribution in [0.4, 0.5) is 0 Å². The first-order chi connectivity index (χ1) is 14.7. The summed E-state index contributed by atoms with van der Waals surface area (Å²) in [6, 6.07) is 8.44. The van der Waals surface area contributed by atoms with E-state index in [1.54, 1.807) is 18.6 Å². The van der Waals surface area contributed by atoms with Crippen LogP contribution >= 0.6 is 11.6 Å². The van der Waals surface area contributed by atoms with Gasteiger partial charge in [0.15, 0.2) is 0 Å². The van der Waals surface area contributed by atoms with Gasteiger partial charge in [-0.1, -0.05) is 23.7 Å². The Kier molecular flexibility index (Phi) is 5.44. The van der Waals surface area contributed by atoms with E-state index in [0.717, 1.165) is 43.3 Å². The first kappa shape index (κ1) is 19.5. The molecule has 30 heavy (non-hydrogen) atoms. The number of likely N-dealkylation sites (tertiary alicyclic amines) is 1. The normalized spacial score (nSPS) is 26.5. The number of nitrogens with zero attached hydrogens (tertiary/aromatic N) is 5. The Bertz CT molecular complexity index is 994. The number of aryl methyl sites for hydroxylation is 1. The fourth-order valence-electron chi connectivity index (χ4n) is 5.17. The van der Waals surface area contributed by atoms with Crippen LogP contribution in [0.1, 0.15) is 30.3 Å². The van der Waals surface area contributed by atoms with Crippen molar-refractivity contribution in [1.29, 1.82) is 0 Å². The first-order valence-corrected chi connectivity index (χ1v) is 10.9. The first-order valence-electron chi connectivity index (χ1n) is 10.5. The monoisotopic (exact) mass is 423 g/mol. The molecule has 2 fully saturated rings. The lowest BCUT2D eigenvalue weighted by atomic mass is 9.77. The van der Waals surface area contributed by atoms with Crippen molar-refractivity contribution in [3.63, 3.8) is 0 Å². The second-order valence-electron chi connectivity index (χ2n) is 8.46. The predicted octanol–water partition coefficient (Wildman–Crippen LogP) is 4.17. The van der Waals surface area contributed by atoms with Crippen molar-refractivity contribution in [2.24, 2.45) is 11.8 Å². The smallest absolute Gasteiger partial charge is 0.232 e. The van der Waals surface area contributed by atoms with Gasteiger partial charge in [0.2, 0.25) is 5.88 Å². The molecule has 1 aromatic carbocycles. The van der Waals surface area contributed by atoms with E-state index in [-0.39, 0.29) is 12.1 Å².